The van der Waals surface area contributed by atoms with E-state index in [-0.39, 0.29) is 11.3 Å². The third-order valence-electron chi connectivity index (χ3n) is 2.53. The molecule has 0 fully saturated rings. The number of halogens is 1. The monoisotopic (exact) mass is 309 g/mol. The van der Waals surface area contributed by atoms with Gasteiger partial charge in [0.2, 0.25) is 0 Å². The second-order valence-corrected chi connectivity index (χ2v) is 4.94. The van der Waals surface area contributed by atoms with Crippen LogP contribution in [0.4, 0.5) is 4.39 Å². The van der Waals surface area contributed by atoms with Crippen LogP contribution in [0.15, 0.2) is 17.1 Å². The lowest BCUT2D eigenvalue weighted by molar-refractivity contribution is -0.106. The van der Waals surface area contributed by atoms with Crippen molar-refractivity contribution >= 4 is 23.1 Å². The molecule has 1 unspecified atom stereocenters. The van der Waals surface area contributed by atoms with E-state index in [2.05, 4.69) is 10.9 Å². The summed E-state index contributed by atoms with van der Waals surface area (Å²) in [6, 6.07) is 2.78. The van der Waals surface area contributed by atoms with Crippen molar-refractivity contribution in [2.24, 2.45) is 4.99 Å². The van der Waals surface area contributed by atoms with Gasteiger partial charge in [-0.15, -0.1) is 6.42 Å². The van der Waals surface area contributed by atoms with Gasteiger partial charge in [0.1, 0.15) is 33.9 Å². The number of methoxy groups -OCH3 is 2. The minimum atomic E-state index is -0.735. The van der Waals surface area contributed by atoms with Gasteiger partial charge in [-0.25, -0.2) is 4.39 Å². The number of aldehydes is 1. The van der Waals surface area contributed by atoms with E-state index < -0.39 is 11.1 Å². The van der Waals surface area contributed by atoms with Crippen LogP contribution in [-0.2, 0) is 4.79 Å². The van der Waals surface area contributed by atoms with Crippen molar-refractivity contribution < 1.29 is 18.7 Å². The summed E-state index contributed by atoms with van der Waals surface area (Å²) < 4.78 is 24.5. The molecule has 1 rings (SSSR count). The number of rotatable bonds is 6. The van der Waals surface area contributed by atoms with E-state index >= 15 is 0 Å². The fourth-order valence-electron chi connectivity index (χ4n) is 1.58. The lowest BCUT2D eigenvalue weighted by atomic mass is 10.2. The van der Waals surface area contributed by atoms with Crippen LogP contribution in [0, 0.1) is 18.2 Å². The smallest absolute Gasteiger partial charge is 0.145 e. The predicted molar refractivity (Wildman–Crippen MR) is 82.9 cm³/mol. The fraction of sp³-hybridized carbons (Fsp3) is 0.333. The molecule has 0 bridgehead atoms. The van der Waals surface area contributed by atoms with Crippen molar-refractivity contribution in [3.8, 4) is 23.8 Å². The maximum Gasteiger partial charge on any atom is 0.145 e. The van der Waals surface area contributed by atoms with Crippen LogP contribution in [-0.4, -0.2) is 37.3 Å². The summed E-state index contributed by atoms with van der Waals surface area (Å²) in [6.07, 6.45) is 5.87. The topological polar surface area (TPSA) is 47.9 Å². The molecule has 1 aromatic carbocycles. The maximum absolute atomic E-state index is 14.3. The standard InChI is InChI=1S/C15H16FNO3S/c1-5-11(9-18)21-15(17-6-2)14-12(16)7-10(19-3)8-13(14)20-4/h1,7-9,11H,6H2,2-4H3. The number of terminal acetylenes is 1. The van der Waals surface area contributed by atoms with Crippen LogP contribution in [0.1, 0.15) is 12.5 Å². The molecular formula is C15H16FNO3S. The van der Waals surface area contributed by atoms with Crippen molar-refractivity contribution in [3.05, 3.63) is 23.5 Å². The minimum absolute atomic E-state index is 0.173. The average molecular weight is 309 g/mol. The number of hydrogen-bond acceptors (Lipinski definition) is 5. The van der Waals surface area contributed by atoms with E-state index in [1.165, 1.54) is 20.3 Å². The Bertz CT molecular complexity index is 581. The third-order valence-corrected chi connectivity index (χ3v) is 3.58. The zero-order chi connectivity index (χ0) is 15.8. The lowest BCUT2D eigenvalue weighted by Crippen LogP contribution is -2.11. The first kappa shape index (κ1) is 17.1. The van der Waals surface area contributed by atoms with Crippen molar-refractivity contribution in [1.82, 2.24) is 0 Å². The number of hydrogen-bond donors (Lipinski definition) is 0. The van der Waals surface area contributed by atoms with Crippen molar-refractivity contribution in [1.29, 1.82) is 0 Å². The fourth-order valence-corrected chi connectivity index (χ4v) is 2.47. The number of thioether (sulfide) groups is 1. The number of nitrogens with zero attached hydrogens (tertiary/aromatic N) is 1. The highest BCUT2D eigenvalue weighted by Crippen LogP contribution is 2.32. The second kappa shape index (κ2) is 8.32. The van der Waals surface area contributed by atoms with Gasteiger partial charge in [-0.3, -0.25) is 4.99 Å². The lowest BCUT2D eigenvalue weighted by Gasteiger charge is -2.14. The molecule has 0 spiro atoms. The predicted octanol–water partition coefficient (Wildman–Crippen LogP) is 2.54. The van der Waals surface area contributed by atoms with Crippen LogP contribution in [0.3, 0.4) is 0 Å². The van der Waals surface area contributed by atoms with E-state index in [9.17, 15) is 9.18 Å². The summed E-state index contributed by atoms with van der Waals surface area (Å²) in [6.45, 7) is 2.23. The molecule has 1 aromatic rings. The van der Waals surface area contributed by atoms with Crippen LogP contribution in [0.2, 0.25) is 0 Å². The molecule has 0 aliphatic carbocycles. The molecule has 21 heavy (non-hydrogen) atoms. The molecule has 0 aliphatic heterocycles. The zero-order valence-corrected chi connectivity index (χ0v) is 12.9. The molecule has 0 aliphatic rings. The summed E-state index contributed by atoms with van der Waals surface area (Å²) >= 11 is 1.01. The summed E-state index contributed by atoms with van der Waals surface area (Å²) in [7, 11) is 2.86. The van der Waals surface area contributed by atoms with Gasteiger partial charge in [0.05, 0.1) is 19.8 Å². The largest absolute Gasteiger partial charge is 0.497 e. The first-order chi connectivity index (χ1) is 10.1. The Kier molecular flexibility index (Phi) is 6.76. The van der Waals surface area contributed by atoms with E-state index in [1.807, 2.05) is 0 Å². The summed E-state index contributed by atoms with van der Waals surface area (Å²) in [5.41, 5.74) is 0.173. The van der Waals surface area contributed by atoms with Gasteiger partial charge in [0.25, 0.3) is 0 Å². The highest BCUT2D eigenvalue weighted by Gasteiger charge is 2.21. The molecule has 112 valence electrons. The maximum atomic E-state index is 14.3. The molecule has 4 nitrogen and oxygen atoms in total. The first-order valence-corrected chi connectivity index (χ1v) is 7.03. The molecule has 0 aromatic heterocycles. The normalized spacial score (nSPS) is 12.4. The number of benzene rings is 1. The van der Waals surface area contributed by atoms with Crippen LogP contribution in [0.5, 0.6) is 11.5 Å². The number of ether oxygens (including phenoxy) is 2. The Morgan fingerprint density at radius 1 is 1.52 bits per heavy atom. The minimum Gasteiger partial charge on any atom is -0.497 e. The second-order valence-electron chi connectivity index (χ2n) is 3.81. The molecule has 0 amide bonds. The molecule has 0 saturated heterocycles. The van der Waals surface area contributed by atoms with Gasteiger partial charge < -0.3 is 14.3 Å². The highest BCUT2D eigenvalue weighted by atomic mass is 32.2. The van der Waals surface area contributed by atoms with Crippen molar-refractivity contribution in [2.45, 2.75) is 12.2 Å². The third kappa shape index (κ3) is 4.23. The van der Waals surface area contributed by atoms with Gasteiger partial charge in [-0.2, -0.15) is 0 Å². The van der Waals surface area contributed by atoms with Crippen LogP contribution < -0.4 is 9.47 Å². The van der Waals surface area contributed by atoms with E-state index in [4.69, 9.17) is 15.9 Å². The SMILES string of the molecule is C#CC(C=O)SC(=NCC)c1c(F)cc(OC)cc1OC. The number of aliphatic imine (C=N–C) groups is 1. The Labute approximate surface area is 127 Å². The molecule has 0 N–H and O–H groups in total. The highest BCUT2D eigenvalue weighted by molar-refractivity contribution is 8.15. The number of carbonyl (C=O) groups is 1. The molecule has 0 saturated carbocycles. The van der Waals surface area contributed by atoms with Gasteiger partial charge in [0, 0.05) is 18.7 Å². The summed E-state index contributed by atoms with van der Waals surface area (Å²) in [5.74, 6) is 2.37. The average Bonchev–Trinajstić information content (AvgIpc) is 2.50. The summed E-state index contributed by atoms with van der Waals surface area (Å²) in [5, 5.41) is -0.411. The van der Waals surface area contributed by atoms with E-state index in [1.54, 1.807) is 13.0 Å². The Balaban J connectivity index is 3.35. The zero-order valence-electron chi connectivity index (χ0n) is 12.1. The Morgan fingerprint density at radius 3 is 2.71 bits per heavy atom. The Hall–Kier alpha value is -2.00. The Morgan fingerprint density at radius 2 is 2.24 bits per heavy atom. The van der Waals surface area contributed by atoms with Crippen molar-refractivity contribution in [2.75, 3.05) is 20.8 Å². The van der Waals surface area contributed by atoms with Crippen LogP contribution in [0.25, 0.3) is 0 Å². The molecular weight excluding hydrogens is 293 g/mol. The van der Waals surface area contributed by atoms with Gasteiger partial charge in [-0.1, -0.05) is 17.7 Å². The van der Waals surface area contributed by atoms with Crippen LogP contribution >= 0.6 is 11.8 Å². The van der Waals surface area contributed by atoms with Gasteiger partial charge >= 0.3 is 0 Å². The van der Waals surface area contributed by atoms with Gasteiger partial charge in [0.15, 0.2) is 0 Å². The van der Waals surface area contributed by atoms with E-state index in [0.717, 1.165) is 11.8 Å². The van der Waals surface area contributed by atoms with Crippen molar-refractivity contribution in [3.63, 3.8) is 0 Å². The van der Waals surface area contributed by atoms with E-state index in [0.29, 0.717) is 23.6 Å². The summed E-state index contributed by atoms with van der Waals surface area (Å²) in [4.78, 5) is 15.1. The quantitative estimate of drug-likeness (QED) is 0.351. The van der Waals surface area contributed by atoms with Gasteiger partial charge in [-0.05, 0) is 6.92 Å². The molecule has 0 radical (unpaired) electrons. The number of carbonyl (C=O) groups excluding carboxylic acids is 1. The molecule has 1 atom stereocenters. The first-order valence-electron chi connectivity index (χ1n) is 6.15. The molecule has 0 heterocycles. The molecule has 6 heteroatoms.